The molecule has 0 fully saturated rings. The predicted octanol–water partition coefficient (Wildman–Crippen LogP) is 3.30. The second-order valence-corrected chi connectivity index (χ2v) is 8.05. The first-order chi connectivity index (χ1) is 17.5. The third-order valence-corrected chi connectivity index (χ3v) is 5.40. The van der Waals surface area contributed by atoms with Crippen LogP contribution in [0.5, 0.6) is 0 Å². The molecule has 0 aliphatic carbocycles. The number of ether oxygens (including phenoxy) is 2. The summed E-state index contributed by atoms with van der Waals surface area (Å²) in [7, 11) is 1.23. The number of hydrogen-bond acceptors (Lipinski definition) is 6. The summed E-state index contributed by atoms with van der Waals surface area (Å²) in [6, 6.07) is 25.1. The molecule has 184 valence electrons. The first kappa shape index (κ1) is 26.0. The minimum Gasteiger partial charge on any atom is -0.467 e. The van der Waals surface area contributed by atoms with Gasteiger partial charge in [0.25, 0.3) is 0 Å². The second kappa shape index (κ2) is 13.3. The van der Waals surface area contributed by atoms with Crippen molar-refractivity contribution >= 4 is 18.0 Å². The standard InChI is InChI=1S/C28H27N3O5/c1-35-27(33)25(17-22-13-8-14-23(15-22)18-29)30-26(32)24(16-20-9-4-2-5-10-20)31-28(34)36-19-21-11-6-3-7-12-21/h2-15,24-25H,16-17,19H2,1H3,(H,30,32)(H,31,34)/t24-,25+/m0/s1. The Morgan fingerprint density at radius 2 is 1.42 bits per heavy atom. The molecule has 0 aliphatic rings. The summed E-state index contributed by atoms with van der Waals surface area (Å²) >= 11 is 0. The normalized spacial score (nSPS) is 11.9. The Morgan fingerprint density at radius 3 is 2.06 bits per heavy atom. The fourth-order valence-electron chi connectivity index (χ4n) is 3.58. The van der Waals surface area contributed by atoms with Crippen LogP contribution in [-0.4, -0.2) is 37.2 Å². The minimum atomic E-state index is -1.02. The lowest BCUT2D eigenvalue weighted by Crippen LogP contribution is -2.53. The summed E-state index contributed by atoms with van der Waals surface area (Å²) in [5.74, 6) is -1.21. The lowest BCUT2D eigenvalue weighted by Gasteiger charge is -2.22. The van der Waals surface area contributed by atoms with Gasteiger partial charge in [-0.25, -0.2) is 9.59 Å². The number of hydrogen-bond donors (Lipinski definition) is 2. The van der Waals surface area contributed by atoms with Gasteiger partial charge in [0.2, 0.25) is 5.91 Å². The van der Waals surface area contributed by atoms with E-state index in [1.165, 1.54) is 7.11 Å². The smallest absolute Gasteiger partial charge is 0.408 e. The van der Waals surface area contributed by atoms with Crippen LogP contribution in [0, 0.1) is 11.3 Å². The molecule has 2 amide bonds. The number of rotatable bonds is 10. The molecule has 2 N–H and O–H groups in total. The van der Waals surface area contributed by atoms with Gasteiger partial charge in [-0.2, -0.15) is 5.26 Å². The fourth-order valence-corrected chi connectivity index (χ4v) is 3.58. The van der Waals surface area contributed by atoms with Gasteiger partial charge in [-0.3, -0.25) is 4.79 Å². The van der Waals surface area contributed by atoms with E-state index in [-0.39, 0.29) is 19.4 Å². The second-order valence-electron chi connectivity index (χ2n) is 8.05. The van der Waals surface area contributed by atoms with Gasteiger partial charge >= 0.3 is 12.1 Å². The van der Waals surface area contributed by atoms with Crippen LogP contribution in [0.3, 0.4) is 0 Å². The molecule has 0 spiro atoms. The molecule has 3 aromatic carbocycles. The Kier molecular flexibility index (Phi) is 9.60. The number of carbonyl (C=O) groups excluding carboxylic acids is 3. The molecule has 3 aromatic rings. The zero-order valence-electron chi connectivity index (χ0n) is 19.8. The van der Waals surface area contributed by atoms with Crippen molar-refractivity contribution in [3.63, 3.8) is 0 Å². The molecule has 0 aliphatic heterocycles. The van der Waals surface area contributed by atoms with Gasteiger partial charge in [-0.1, -0.05) is 72.8 Å². The summed E-state index contributed by atoms with van der Waals surface area (Å²) in [5.41, 5.74) is 2.74. The number of carbonyl (C=O) groups is 3. The number of nitriles is 1. The highest BCUT2D eigenvalue weighted by atomic mass is 16.5. The van der Waals surface area contributed by atoms with E-state index in [0.717, 1.165) is 11.1 Å². The van der Waals surface area contributed by atoms with Crippen LogP contribution in [0.1, 0.15) is 22.3 Å². The number of esters is 1. The Bertz CT molecular complexity index is 1210. The van der Waals surface area contributed by atoms with Crippen LogP contribution in [-0.2, 0) is 38.5 Å². The average Bonchev–Trinajstić information content (AvgIpc) is 2.92. The third kappa shape index (κ3) is 7.99. The van der Waals surface area contributed by atoms with Gasteiger partial charge in [0.15, 0.2) is 0 Å². The molecule has 0 radical (unpaired) electrons. The predicted molar refractivity (Wildman–Crippen MR) is 133 cm³/mol. The van der Waals surface area contributed by atoms with Crippen molar-refractivity contribution in [2.45, 2.75) is 31.5 Å². The highest BCUT2D eigenvalue weighted by molar-refractivity contribution is 5.90. The average molecular weight is 486 g/mol. The van der Waals surface area contributed by atoms with Gasteiger partial charge in [0.1, 0.15) is 18.7 Å². The SMILES string of the molecule is COC(=O)[C@@H](Cc1cccc(C#N)c1)NC(=O)[C@H](Cc1ccccc1)NC(=O)OCc1ccccc1. The van der Waals surface area contributed by atoms with E-state index in [1.807, 2.05) is 60.7 Å². The Hall–Kier alpha value is -4.64. The van der Waals surface area contributed by atoms with E-state index in [2.05, 4.69) is 16.7 Å². The lowest BCUT2D eigenvalue weighted by molar-refractivity contribution is -0.145. The summed E-state index contributed by atoms with van der Waals surface area (Å²) in [6.45, 7) is 0.0480. The van der Waals surface area contributed by atoms with Crippen molar-refractivity contribution in [3.05, 3.63) is 107 Å². The molecule has 0 unspecified atom stereocenters. The third-order valence-electron chi connectivity index (χ3n) is 5.40. The molecule has 0 saturated heterocycles. The van der Waals surface area contributed by atoms with Gasteiger partial charge in [0, 0.05) is 12.8 Å². The number of methoxy groups -OCH3 is 1. The lowest BCUT2D eigenvalue weighted by atomic mass is 10.0. The van der Waals surface area contributed by atoms with Gasteiger partial charge in [-0.05, 0) is 28.8 Å². The van der Waals surface area contributed by atoms with Crippen LogP contribution in [0.15, 0.2) is 84.9 Å². The van der Waals surface area contributed by atoms with Crippen molar-refractivity contribution in [2.24, 2.45) is 0 Å². The monoisotopic (exact) mass is 485 g/mol. The molecule has 2 atom stereocenters. The largest absolute Gasteiger partial charge is 0.467 e. The minimum absolute atomic E-state index is 0.0480. The van der Waals surface area contributed by atoms with Gasteiger partial charge in [0.05, 0.1) is 18.7 Å². The molecular weight excluding hydrogens is 458 g/mol. The summed E-state index contributed by atoms with van der Waals surface area (Å²) in [6.07, 6.45) is -0.457. The van der Waals surface area contributed by atoms with E-state index >= 15 is 0 Å². The molecule has 0 bridgehead atoms. The van der Waals surface area contributed by atoms with Crippen LogP contribution >= 0.6 is 0 Å². The maximum absolute atomic E-state index is 13.3. The molecule has 0 heterocycles. The van der Waals surface area contributed by atoms with E-state index in [4.69, 9.17) is 14.7 Å². The molecule has 8 heteroatoms. The maximum Gasteiger partial charge on any atom is 0.408 e. The van der Waals surface area contributed by atoms with Gasteiger partial charge < -0.3 is 20.1 Å². The molecular formula is C28H27N3O5. The van der Waals surface area contributed by atoms with E-state index in [0.29, 0.717) is 11.1 Å². The number of nitrogens with zero attached hydrogens (tertiary/aromatic N) is 1. The van der Waals surface area contributed by atoms with Crippen molar-refractivity contribution in [1.82, 2.24) is 10.6 Å². The van der Waals surface area contributed by atoms with Crippen LogP contribution in [0.4, 0.5) is 4.79 Å². The zero-order valence-corrected chi connectivity index (χ0v) is 19.8. The van der Waals surface area contributed by atoms with Crippen molar-refractivity contribution < 1.29 is 23.9 Å². The van der Waals surface area contributed by atoms with E-state index in [9.17, 15) is 14.4 Å². The number of alkyl carbamates (subject to hydrolysis) is 1. The Balaban J connectivity index is 1.73. The Labute approximate surface area is 209 Å². The summed E-state index contributed by atoms with van der Waals surface area (Å²) in [4.78, 5) is 38.2. The van der Waals surface area contributed by atoms with Crippen molar-refractivity contribution in [3.8, 4) is 6.07 Å². The van der Waals surface area contributed by atoms with Crippen molar-refractivity contribution in [2.75, 3.05) is 7.11 Å². The summed E-state index contributed by atoms with van der Waals surface area (Å²) in [5, 5.41) is 14.4. The number of benzene rings is 3. The molecule has 8 nitrogen and oxygen atoms in total. The zero-order chi connectivity index (χ0) is 25.8. The van der Waals surface area contributed by atoms with Crippen LogP contribution < -0.4 is 10.6 Å². The van der Waals surface area contributed by atoms with Crippen LogP contribution in [0.2, 0.25) is 0 Å². The topological polar surface area (TPSA) is 118 Å². The maximum atomic E-state index is 13.3. The Morgan fingerprint density at radius 1 is 0.806 bits per heavy atom. The quantitative estimate of drug-likeness (QED) is 0.426. The number of amides is 2. The highest BCUT2D eigenvalue weighted by Gasteiger charge is 2.28. The first-order valence-corrected chi connectivity index (χ1v) is 11.4. The van der Waals surface area contributed by atoms with Gasteiger partial charge in [-0.15, -0.1) is 0 Å². The molecule has 36 heavy (non-hydrogen) atoms. The molecule has 0 aromatic heterocycles. The van der Waals surface area contributed by atoms with E-state index in [1.54, 1.807) is 24.3 Å². The van der Waals surface area contributed by atoms with E-state index < -0.39 is 30.1 Å². The number of nitrogens with one attached hydrogen (secondary N) is 2. The molecule has 0 saturated carbocycles. The first-order valence-electron chi connectivity index (χ1n) is 11.4. The molecule has 3 rings (SSSR count). The fraction of sp³-hybridized carbons (Fsp3) is 0.214. The highest BCUT2D eigenvalue weighted by Crippen LogP contribution is 2.10. The summed E-state index contributed by atoms with van der Waals surface area (Å²) < 4.78 is 10.2. The van der Waals surface area contributed by atoms with Crippen molar-refractivity contribution in [1.29, 1.82) is 5.26 Å². The van der Waals surface area contributed by atoms with Crippen LogP contribution in [0.25, 0.3) is 0 Å².